The summed E-state index contributed by atoms with van der Waals surface area (Å²) in [5.41, 5.74) is 2.05. The lowest BCUT2D eigenvalue weighted by atomic mass is 10.3. The van der Waals surface area contributed by atoms with Crippen LogP contribution in [0.2, 0.25) is 0 Å². The summed E-state index contributed by atoms with van der Waals surface area (Å²) in [6, 6.07) is 16.5. The molecule has 0 bridgehead atoms. The first-order valence-corrected chi connectivity index (χ1v) is 11.0. The Hall–Kier alpha value is -3.86. The van der Waals surface area contributed by atoms with Crippen LogP contribution in [0.25, 0.3) is 11.4 Å². The van der Waals surface area contributed by atoms with E-state index in [-0.39, 0.29) is 17.2 Å². The molecule has 0 spiro atoms. The number of hydrogen-bond acceptors (Lipinski definition) is 7. The van der Waals surface area contributed by atoms with E-state index in [4.69, 9.17) is 4.74 Å². The average molecular weight is 466 g/mol. The van der Waals surface area contributed by atoms with E-state index in [1.807, 2.05) is 42.5 Å². The Bertz CT molecular complexity index is 1330. The zero-order chi connectivity index (χ0) is 23.5. The van der Waals surface area contributed by atoms with Gasteiger partial charge in [-0.3, -0.25) is 14.3 Å². The van der Waals surface area contributed by atoms with Crippen molar-refractivity contribution in [1.29, 1.82) is 0 Å². The average Bonchev–Trinajstić information content (AvgIpc) is 3.37. The zero-order valence-electron chi connectivity index (χ0n) is 18.6. The largest absolute Gasteiger partial charge is 0.497 e. The fourth-order valence-corrected chi connectivity index (χ4v) is 4.09. The first kappa shape index (κ1) is 22.3. The van der Waals surface area contributed by atoms with Crippen LogP contribution in [0, 0.1) is 6.92 Å². The van der Waals surface area contributed by atoms with Crippen LogP contribution < -0.4 is 15.6 Å². The van der Waals surface area contributed by atoms with Crippen LogP contribution in [-0.4, -0.2) is 47.8 Å². The van der Waals surface area contributed by atoms with Crippen molar-refractivity contribution in [1.82, 2.24) is 29.6 Å². The number of hydrogen-bond donors (Lipinski definition) is 1. The van der Waals surface area contributed by atoms with Crippen molar-refractivity contribution in [2.75, 3.05) is 12.4 Å². The van der Waals surface area contributed by atoms with Gasteiger partial charge in [0.1, 0.15) is 11.4 Å². The number of rotatable bonds is 7. The summed E-state index contributed by atoms with van der Waals surface area (Å²) < 4.78 is 9.96. The van der Waals surface area contributed by atoms with Gasteiger partial charge in [-0.15, -0.1) is 5.10 Å². The minimum Gasteiger partial charge on any atom is -0.497 e. The fraction of sp³-hybridized carbons (Fsp3) is 0.227. The molecule has 0 fully saturated rings. The molecule has 4 rings (SSSR count). The number of ether oxygens (including phenoxy) is 1. The molecular formula is C22H23N7O3S. The Morgan fingerprint density at radius 3 is 2.45 bits per heavy atom. The van der Waals surface area contributed by atoms with Crippen LogP contribution in [0.5, 0.6) is 5.75 Å². The molecule has 4 aromatic rings. The summed E-state index contributed by atoms with van der Waals surface area (Å²) in [7, 11) is 3.37. The Morgan fingerprint density at radius 1 is 1.09 bits per heavy atom. The minimum absolute atomic E-state index is 0.244. The number of para-hydroxylation sites is 1. The van der Waals surface area contributed by atoms with E-state index in [2.05, 4.69) is 20.8 Å². The first-order valence-electron chi connectivity index (χ1n) is 10.1. The third kappa shape index (κ3) is 4.40. The van der Waals surface area contributed by atoms with Crippen molar-refractivity contribution >= 4 is 23.4 Å². The second kappa shape index (κ2) is 9.33. The number of aromatic nitrogens is 6. The van der Waals surface area contributed by atoms with Gasteiger partial charge >= 0.3 is 0 Å². The molecule has 0 aliphatic rings. The number of methoxy groups -OCH3 is 1. The quantitative estimate of drug-likeness (QED) is 0.418. The van der Waals surface area contributed by atoms with Crippen LogP contribution in [-0.2, 0) is 11.8 Å². The first-order chi connectivity index (χ1) is 15.9. The van der Waals surface area contributed by atoms with Crippen LogP contribution >= 0.6 is 11.8 Å². The molecule has 10 nitrogen and oxygen atoms in total. The minimum atomic E-state index is -0.558. The highest BCUT2D eigenvalue weighted by molar-refractivity contribution is 8.00. The van der Waals surface area contributed by atoms with Crippen LogP contribution in [0.1, 0.15) is 12.6 Å². The number of thioether (sulfide) groups is 1. The number of carbonyl (C=O) groups excluding carboxylic acids is 1. The number of anilines is 1. The highest BCUT2D eigenvalue weighted by Gasteiger charge is 2.23. The van der Waals surface area contributed by atoms with Crippen LogP contribution in [0.3, 0.4) is 0 Å². The summed E-state index contributed by atoms with van der Waals surface area (Å²) in [4.78, 5) is 26.0. The van der Waals surface area contributed by atoms with Gasteiger partial charge in [0, 0.05) is 7.05 Å². The normalized spacial score (nSPS) is 11.9. The lowest BCUT2D eigenvalue weighted by Crippen LogP contribution is -2.27. The second-order valence-corrected chi connectivity index (χ2v) is 8.57. The molecular weight excluding hydrogens is 442 g/mol. The van der Waals surface area contributed by atoms with Crippen molar-refractivity contribution in [3.05, 3.63) is 70.6 Å². The third-order valence-electron chi connectivity index (χ3n) is 5.21. The maximum absolute atomic E-state index is 13.1. The smallest absolute Gasteiger partial charge is 0.295 e. The Labute approximate surface area is 194 Å². The van der Waals surface area contributed by atoms with E-state index in [1.54, 1.807) is 49.5 Å². The summed E-state index contributed by atoms with van der Waals surface area (Å²) >= 11 is 1.20. The van der Waals surface area contributed by atoms with Gasteiger partial charge in [-0.1, -0.05) is 30.0 Å². The van der Waals surface area contributed by atoms with Gasteiger partial charge < -0.3 is 10.1 Å². The van der Waals surface area contributed by atoms with Gasteiger partial charge in [-0.25, -0.2) is 4.68 Å². The molecule has 1 N–H and O–H groups in total. The van der Waals surface area contributed by atoms with E-state index < -0.39 is 5.25 Å². The number of carbonyl (C=O) groups is 1. The SMILES string of the molecule is COc1ccc(-n2nnnc2SC(C)C(=O)Nc2c(C)n(C)n(-c3ccccc3)c2=O)cc1. The standard InChI is InChI=1S/C22H23N7O3S/c1-14-19(21(31)29(27(14)3)17-8-6-5-7-9-17)23-20(30)15(2)33-22-24-25-26-28(22)16-10-12-18(32-4)13-11-16/h5-13,15H,1-4H3,(H,23,30). The molecule has 0 saturated carbocycles. The van der Waals surface area contributed by atoms with Crippen molar-refractivity contribution in [3.8, 4) is 17.1 Å². The molecule has 33 heavy (non-hydrogen) atoms. The Kier molecular flexibility index (Phi) is 6.31. The maximum atomic E-state index is 13.1. The Balaban J connectivity index is 1.53. The number of amides is 1. The molecule has 0 aliphatic carbocycles. The number of nitrogens with one attached hydrogen (secondary N) is 1. The third-order valence-corrected chi connectivity index (χ3v) is 6.24. The highest BCUT2D eigenvalue weighted by Crippen LogP contribution is 2.25. The molecule has 0 aliphatic heterocycles. The predicted octanol–water partition coefficient (Wildman–Crippen LogP) is 2.59. The van der Waals surface area contributed by atoms with Crippen molar-refractivity contribution in [3.63, 3.8) is 0 Å². The fourth-order valence-electron chi connectivity index (χ4n) is 3.29. The van der Waals surface area contributed by atoms with Gasteiger partial charge in [0.05, 0.1) is 29.4 Å². The van der Waals surface area contributed by atoms with E-state index in [0.29, 0.717) is 16.6 Å². The maximum Gasteiger partial charge on any atom is 0.295 e. The van der Waals surface area contributed by atoms with Gasteiger partial charge in [0.15, 0.2) is 0 Å². The topological polar surface area (TPSA) is 109 Å². The molecule has 2 aromatic carbocycles. The molecule has 0 radical (unpaired) electrons. The summed E-state index contributed by atoms with van der Waals surface area (Å²) in [5.74, 6) is 0.392. The van der Waals surface area contributed by atoms with Gasteiger partial charge in [-0.05, 0) is 60.7 Å². The van der Waals surface area contributed by atoms with Crippen LogP contribution in [0.15, 0.2) is 64.5 Å². The molecule has 2 aromatic heterocycles. The van der Waals surface area contributed by atoms with E-state index >= 15 is 0 Å². The van der Waals surface area contributed by atoms with Gasteiger partial charge in [-0.2, -0.15) is 4.68 Å². The van der Waals surface area contributed by atoms with Gasteiger partial charge in [0.25, 0.3) is 5.56 Å². The van der Waals surface area contributed by atoms with Crippen LogP contribution in [0.4, 0.5) is 5.69 Å². The van der Waals surface area contributed by atoms with Gasteiger partial charge in [0.2, 0.25) is 11.1 Å². The lowest BCUT2D eigenvalue weighted by Gasteiger charge is -2.11. The molecule has 11 heteroatoms. The van der Waals surface area contributed by atoms with E-state index in [9.17, 15) is 9.59 Å². The molecule has 170 valence electrons. The zero-order valence-corrected chi connectivity index (χ0v) is 19.4. The molecule has 1 unspecified atom stereocenters. The predicted molar refractivity (Wildman–Crippen MR) is 125 cm³/mol. The number of benzene rings is 2. The monoisotopic (exact) mass is 465 g/mol. The molecule has 2 heterocycles. The lowest BCUT2D eigenvalue weighted by molar-refractivity contribution is -0.115. The number of tetrazole rings is 1. The summed E-state index contributed by atoms with van der Waals surface area (Å²) in [6.45, 7) is 3.53. The van der Waals surface area contributed by atoms with E-state index in [1.165, 1.54) is 16.4 Å². The Morgan fingerprint density at radius 2 is 1.79 bits per heavy atom. The van der Waals surface area contributed by atoms with Crippen molar-refractivity contribution in [2.24, 2.45) is 7.05 Å². The van der Waals surface area contributed by atoms with Crippen molar-refractivity contribution in [2.45, 2.75) is 24.3 Å². The summed E-state index contributed by atoms with van der Waals surface area (Å²) in [5, 5.41) is 14.5. The molecule has 0 saturated heterocycles. The summed E-state index contributed by atoms with van der Waals surface area (Å²) in [6.07, 6.45) is 0. The second-order valence-electron chi connectivity index (χ2n) is 7.26. The molecule has 1 amide bonds. The highest BCUT2D eigenvalue weighted by atomic mass is 32.2. The molecule has 1 atom stereocenters. The van der Waals surface area contributed by atoms with E-state index in [0.717, 1.165) is 11.4 Å². The number of nitrogens with zero attached hydrogens (tertiary/aromatic N) is 6. The van der Waals surface area contributed by atoms with Crippen molar-refractivity contribution < 1.29 is 9.53 Å².